The van der Waals surface area contributed by atoms with Crippen molar-refractivity contribution in [2.75, 3.05) is 26.0 Å². The third-order valence-corrected chi connectivity index (χ3v) is 6.78. The Morgan fingerprint density at radius 1 is 1.21 bits per heavy atom. The van der Waals surface area contributed by atoms with E-state index in [-0.39, 0.29) is 26.6 Å². The van der Waals surface area contributed by atoms with Crippen molar-refractivity contribution in [2.45, 2.75) is 24.7 Å². The van der Waals surface area contributed by atoms with E-state index in [1.54, 1.807) is 30.3 Å². The van der Waals surface area contributed by atoms with E-state index in [2.05, 4.69) is 5.32 Å². The van der Waals surface area contributed by atoms with E-state index in [9.17, 15) is 13.2 Å². The monoisotopic (exact) mass is 444 g/mol. The molecule has 9 heteroatoms. The largest absolute Gasteiger partial charge is 0.495 e. The first kappa shape index (κ1) is 22.5. The Morgan fingerprint density at radius 3 is 2.50 bits per heavy atom. The van der Waals surface area contributed by atoms with Gasteiger partial charge in [-0.2, -0.15) is 4.31 Å². The van der Waals surface area contributed by atoms with Gasteiger partial charge in [-0.25, -0.2) is 8.42 Å². The first-order valence-corrected chi connectivity index (χ1v) is 10.7. The van der Waals surface area contributed by atoms with Crippen LogP contribution in [-0.4, -0.2) is 39.3 Å². The minimum absolute atomic E-state index is 0.0114. The number of hydrogen-bond acceptors (Lipinski definition) is 4. The highest BCUT2D eigenvalue weighted by Gasteiger charge is 2.27. The molecule has 0 fully saturated rings. The van der Waals surface area contributed by atoms with Crippen LogP contribution in [0.5, 0.6) is 5.75 Å². The summed E-state index contributed by atoms with van der Waals surface area (Å²) in [5.74, 6) is -0.192. The van der Waals surface area contributed by atoms with Gasteiger partial charge in [0.15, 0.2) is 0 Å². The van der Waals surface area contributed by atoms with E-state index in [1.807, 2.05) is 19.9 Å². The Balaban J connectivity index is 2.25. The number of nitrogens with zero attached hydrogens (tertiary/aromatic N) is 1. The highest BCUT2D eigenvalue weighted by Crippen LogP contribution is 2.31. The predicted octanol–water partition coefficient (Wildman–Crippen LogP) is 4.38. The molecule has 0 unspecified atom stereocenters. The summed E-state index contributed by atoms with van der Waals surface area (Å²) < 4.78 is 32.2. The number of likely N-dealkylation sites (N-methyl/N-ethyl adjacent to an activating group) is 1. The summed E-state index contributed by atoms with van der Waals surface area (Å²) in [6, 6.07) is 9.80. The Kier molecular flexibility index (Phi) is 7.33. The lowest BCUT2D eigenvalue weighted by molar-refractivity contribution is -0.116. The molecular formula is C19H22Cl2N2O4S. The smallest absolute Gasteiger partial charge is 0.246 e. The Labute approximate surface area is 175 Å². The maximum absolute atomic E-state index is 13.0. The fraction of sp³-hybridized carbons (Fsp3) is 0.316. The normalized spacial score (nSPS) is 11.7. The molecule has 0 aliphatic heterocycles. The average molecular weight is 445 g/mol. The van der Waals surface area contributed by atoms with Crippen molar-refractivity contribution in [1.29, 1.82) is 0 Å². The van der Waals surface area contributed by atoms with Crippen LogP contribution in [0.15, 0.2) is 41.3 Å². The molecule has 0 bridgehead atoms. The first-order valence-electron chi connectivity index (χ1n) is 8.46. The van der Waals surface area contributed by atoms with Gasteiger partial charge in [0.2, 0.25) is 15.9 Å². The molecule has 0 aromatic heterocycles. The summed E-state index contributed by atoms with van der Waals surface area (Å²) in [7, 11) is -1.23. The van der Waals surface area contributed by atoms with E-state index in [0.29, 0.717) is 5.69 Å². The van der Waals surface area contributed by atoms with Gasteiger partial charge in [-0.05, 0) is 35.7 Å². The van der Waals surface area contributed by atoms with E-state index >= 15 is 0 Å². The van der Waals surface area contributed by atoms with Gasteiger partial charge < -0.3 is 10.1 Å². The number of benzene rings is 2. The molecule has 2 aromatic carbocycles. The van der Waals surface area contributed by atoms with E-state index < -0.39 is 22.5 Å². The van der Waals surface area contributed by atoms with Crippen molar-refractivity contribution >= 4 is 44.8 Å². The summed E-state index contributed by atoms with van der Waals surface area (Å²) in [6.45, 7) is 3.52. The molecule has 0 atom stereocenters. The van der Waals surface area contributed by atoms with Crippen molar-refractivity contribution in [3.63, 3.8) is 0 Å². The Hall–Kier alpha value is -1.80. The number of ether oxygens (including phenoxy) is 1. The van der Waals surface area contributed by atoms with Crippen molar-refractivity contribution in [3.05, 3.63) is 52.0 Å². The van der Waals surface area contributed by atoms with Gasteiger partial charge in [-0.15, -0.1) is 0 Å². The minimum Gasteiger partial charge on any atom is -0.495 e. The maximum atomic E-state index is 13.0. The second-order valence-corrected chi connectivity index (χ2v) is 9.27. The minimum atomic E-state index is -3.95. The van der Waals surface area contributed by atoms with Gasteiger partial charge in [0.1, 0.15) is 10.6 Å². The molecule has 0 aliphatic rings. The van der Waals surface area contributed by atoms with Crippen LogP contribution in [0.3, 0.4) is 0 Å². The zero-order valence-electron chi connectivity index (χ0n) is 16.0. The molecule has 152 valence electrons. The summed E-state index contributed by atoms with van der Waals surface area (Å²) in [4.78, 5) is 12.4. The number of halogens is 2. The van der Waals surface area contributed by atoms with E-state index in [0.717, 1.165) is 9.87 Å². The van der Waals surface area contributed by atoms with Crippen molar-refractivity contribution in [2.24, 2.45) is 0 Å². The number of rotatable bonds is 7. The Morgan fingerprint density at radius 2 is 1.89 bits per heavy atom. The van der Waals surface area contributed by atoms with Gasteiger partial charge >= 0.3 is 0 Å². The molecule has 28 heavy (non-hydrogen) atoms. The van der Waals surface area contributed by atoms with Crippen LogP contribution in [0.4, 0.5) is 5.69 Å². The quantitative estimate of drug-likeness (QED) is 0.686. The molecule has 0 spiro atoms. The lowest BCUT2D eigenvalue weighted by Gasteiger charge is -2.20. The molecule has 0 saturated heterocycles. The van der Waals surface area contributed by atoms with Crippen molar-refractivity contribution in [1.82, 2.24) is 4.31 Å². The molecule has 0 aliphatic carbocycles. The summed E-state index contributed by atoms with van der Waals surface area (Å²) in [5, 5.41) is 3.05. The molecule has 1 N–H and O–H groups in total. The molecule has 6 nitrogen and oxygen atoms in total. The molecule has 2 aromatic rings. The zero-order chi connectivity index (χ0) is 21.1. The third-order valence-electron chi connectivity index (χ3n) is 4.13. The number of methoxy groups -OCH3 is 1. The maximum Gasteiger partial charge on any atom is 0.246 e. The highest BCUT2D eigenvalue weighted by atomic mass is 35.5. The summed E-state index contributed by atoms with van der Waals surface area (Å²) in [6.07, 6.45) is 0. The summed E-state index contributed by atoms with van der Waals surface area (Å²) in [5.41, 5.74) is 1.16. The highest BCUT2D eigenvalue weighted by molar-refractivity contribution is 7.89. The number of hydrogen-bond donors (Lipinski definition) is 1. The fourth-order valence-electron chi connectivity index (χ4n) is 2.50. The van der Waals surface area contributed by atoms with Gasteiger partial charge in [0, 0.05) is 7.05 Å². The molecular weight excluding hydrogens is 423 g/mol. The zero-order valence-corrected chi connectivity index (χ0v) is 18.3. The van der Waals surface area contributed by atoms with Crippen LogP contribution in [0.25, 0.3) is 0 Å². The average Bonchev–Trinajstić information content (AvgIpc) is 2.64. The third kappa shape index (κ3) is 4.97. The summed E-state index contributed by atoms with van der Waals surface area (Å²) >= 11 is 12.0. The van der Waals surface area contributed by atoms with Crippen LogP contribution in [0, 0.1) is 0 Å². The molecule has 0 saturated carbocycles. The number of carbonyl (C=O) groups excluding carboxylic acids is 1. The van der Waals surface area contributed by atoms with Crippen molar-refractivity contribution in [3.8, 4) is 5.75 Å². The van der Waals surface area contributed by atoms with E-state index in [1.165, 1.54) is 14.2 Å². The topological polar surface area (TPSA) is 75.7 Å². The molecule has 2 rings (SSSR count). The van der Waals surface area contributed by atoms with Gasteiger partial charge in [0.25, 0.3) is 0 Å². The number of sulfonamides is 1. The van der Waals surface area contributed by atoms with Crippen LogP contribution in [0.1, 0.15) is 25.3 Å². The van der Waals surface area contributed by atoms with Crippen molar-refractivity contribution < 1.29 is 17.9 Å². The SMILES string of the molecule is COc1ccc(C(C)C)cc1S(=O)(=O)N(C)CC(=O)Nc1cccc(Cl)c1Cl. The molecule has 0 heterocycles. The first-order chi connectivity index (χ1) is 13.1. The number of amides is 1. The second-order valence-electron chi connectivity index (χ2n) is 6.48. The van der Waals surface area contributed by atoms with E-state index in [4.69, 9.17) is 27.9 Å². The number of nitrogens with one attached hydrogen (secondary N) is 1. The lowest BCUT2D eigenvalue weighted by Crippen LogP contribution is -2.35. The Bertz CT molecular complexity index is 978. The van der Waals surface area contributed by atoms with Gasteiger partial charge in [0.05, 0.1) is 29.4 Å². The molecule has 0 radical (unpaired) electrons. The number of anilines is 1. The lowest BCUT2D eigenvalue weighted by atomic mass is 10.0. The van der Waals surface area contributed by atoms with Gasteiger partial charge in [-0.3, -0.25) is 4.79 Å². The standard InChI is InChI=1S/C19H22Cl2N2O4S/c1-12(2)13-8-9-16(27-4)17(10-13)28(25,26)23(3)11-18(24)22-15-7-5-6-14(20)19(15)21/h5-10,12H,11H2,1-4H3,(H,22,24). The van der Waals surface area contributed by atoms with Crippen LogP contribution in [-0.2, 0) is 14.8 Å². The van der Waals surface area contributed by atoms with Gasteiger partial charge in [-0.1, -0.05) is 49.2 Å². The second kappa shape index (κ2) is 9.13. The van der Waals surface area contributed by atoms with Crippen LogP contribution < -0.4 is 10.1 Å². The fourth-order valence-corrected chi connectivity index (χ4v) is 4.16. The van der Waals surface area contributed by atoms with Crippen LogP contribution >= 0.6 is 23.2 Å². The predicted molar refractivity (Wildman–Crippen MR) is 112 cm³/mol. The molecule has 1 amide bonds. The van der Waals surface area contributed by atoms with Crippen LogP contribution in [0.2, 0.25) is 10.0 Å². The number of carbonyl (C=O) groups is 1.